The van der Waals surface area contributed by atoms with E-state index >= 15 is 0 Å². The van der Waals surface area contributed by atoms with E-state index in [0.717, 1.165) is 46.7 Å². The predicted octanol–water partition coefficient (Wildman–Crippen LogP) is 6.54. The van der Waals surface area contributed by atoms with Crippen LogP contribution in [-0.2, 0) is 32.6 Å². The van der Waals surface area contributed by atoms with Crippen molar-refractivity contribution in [2.45, 2.75) is 62.6 Å². The number of carbonyl (C=O) groups excluding carboxylic acids is 2. The summed E-state index contributed by atoms with van der Waals surface area (Å²) in [6.07, 6.45) is 4.15. The molecule has 7 nitrogen and oxygen atoms in total. The fourth-order valence-electron chi connectivity index (χ4n) is 5.71. The van der Waals surface area contributed by atoms with Gasteiger partial charge in [0.1, 0.15) is 12.6 Å². The minimum atomic E-state index is -4.22. The van der Waals surface area contributed by atoms with Gasteiger partial charge in [-0.15, -0.1) is 0 Å². The average Bonchev–Trinajstić information content (AvgIpc) is 3.56. The number of benzene rings is 4. The van der Waals surface area contributed by atoms with Crippen molar-refractivity contribution in [1.82, 2.24) is 10.2 Å². The highest BCUT2D eigenvalue weighted by molar-refractivity contribution is 7.92. The first kappa shape index (κ1) is 32.3. The summed E-state index contributed by atoms with van der Waals surface area (Å²) in [5.41, 5.74) is 2.80. The van der Waals surface area contributed by atoms with Gasteiger partial charge in [-0.2, -0.15) is 0 Å². The molecular formula is C36H38ClN3O4S. The Morgan fingerprint density at radius 3 is 2.02 bits per heavy atom. The molecule has 0 aromatic heterocycles. The van der Waals surface area contributed by atoms with Gasteiger partial charge in [0.15, 0.2) is 0 Å². The maximum Gasteiger partial charge on any atom is 0.264 e. The molecule has 9 heteroatoms. The molecule has 1 N–H and O–H groups in total. The molecule has 0 bridgehead atoms. The summed E-state index contributed by atoms with van der Waals surface area (Å²) >= 11 is 6.55. The van der Waals surface area contributed by atoms with Crippen molar-refractivity contribution in [3.8, 4) is 0 Å². The van der Waals surface area contributed by atoms with E-state index in [0.29, 0.717) is 0 Å². The molecule has 2 amide bonds. The lowest BCUT2D eigenvalue weighted by Gasteiger charge is -2.34. The van der Waals surface area contributed by atoms with Crippen LogP contribution in [0.2, 0.25) is 5.02 Å². The molecule has 0 aliphatic heterocycles. The van der Waals surface area contributed by atoms with E-state index in [1.54, 1.807) is 36.4 Å². The number of nitrogens with one attached hydrogen (secondary N) is 1. The summed E-state index contributed by atoms with van der Waals surface area (Å²) in [5, 5.41) is 3.38. The molecule has 234 valence electrons. The Balaban J connectivity index is 1.56. The number of hydrogen-bond donors (Lipinski definition) is 1. The van der Waals surface area contributed by atoms with Crippen molar-refractivity contribution >= 4 is 39.1 Å². The topological polar surface area (TPSA) is 86.8 Å². The summed E-state index contributed by atoms with van der Waals surface area (Å²) in [4.78, 5) is 30.1. The third-order valence-corrected chi connectivity index (χ3v) is 10.3. The van der Waals surface area contributed by atoms with Crippen LogP contribution in [0.5, 0.6) is 0 Å². The largest absolute Gasteiger partial charge is 0.352 e. The first-order chi connectivity index (χ1) is 21.7. The maximum absolute atomic E-state index is 14.5. The number of amides is 2. The van der Waals surface area contributed by atoms with Crippen molar-refractivity contribution in [1.29, 1.82) is 0 Å². The highest BCUT2D eigenvalue weighted by Crippen LogP contribution is 2.31. The first-order valence-electron chi connectivity index (χ1n) is 15.2. The number of carbonyl (C=O) groups is 2. The molecule has 1 saturated carbocycles. The zero-order valence-corrected chi connectivity index (χ0v) is 26.9. The molecule has 4 aromatic rings. The van der Waals surface area contributed by atoms with E-state index in [9.17, 15) is 18.0 Å². The SMILES string of the molecule is Cc1ccc(S(=O)(=O)N(CC(=O)N(Cc2ccccc2)[C@@H](Cc2ccccc2)C(=O)NC2CCCC2)c2ccccc2Cl)cc1. The Morgan fingerprint density at radius 1 is 0.822 bits per heavy atom. The molecule has 1 aliphatic carbocycles. The van der Waals surface area contributed by atoms with Gasteiger partial charge in [-0.1, -0.05) is 115 Å². The summed E-state index contributed by atoms with van der Waals surface area (Å²) in [6, 6.07) is 31.2. The van der Waals surface area contributed by atoms with Gasteiger partial charge in [-0.05, 0) is 55.2 Å². The number of halogens is 1. The number of aryl methyl sites for hydroxylation is 1. The third kappa shape index (κ3) is 8.12. The summed E-state index contributed by atoms with van der Waals surface area (Å²) in [5.74, 6) is -0.766. The Bertz CT molecular complexity index is 1690. The number of para-hydroxylation sites is 1. The molecule has 45 heavy (non-hydrogen) atoms. The minimum absolute atomic E-state index is 0.0373. The van der Waals surface area contributed by atoms with Crippen LogP contribution in [0.15, 0.2) is 114 Å². The maximum atomic E-state index is 14.5. The molecule has 0 heterocycles. The van der Waals surface area contributed by atoms with Crippen molar-refractivity contribution in [2.75, 3.05) is 10.8 Å². The summed E-state index contributed by atoms with van der Waals surface area (Å²) in [7, 11) is -4.22. The van der Waals surface area contributed by atoms with Crippen LogP contribution in [0.4, 0.5) is 5.69 Å². The minimum Gasteiger partial charge on any atom is -0.352 e. The van der Waals surface area contributed by atoms with Crippen LogP contribution < -0.4 is 9.62 Å². The van der Waals surface area contributed by atoms with E-state index in [-0.39, 0.29) is 40.5 Å². The summed E-state index contributed by atoms with van der Waals surface area (Å²) < 4.78 is 29.4. The van der Waals surface area contributed by atoms with Gasteiger partial charge in [-0.25, -0.2) is 8.42 Å². The van der Waals surface area contributed by atoms with Gasteiger partial charge in [0.2, 0.25) is 11.8 Å². The highest BCUT2D eigenvalue weighted by Gasteiger charge is 2.36. The number of hydrogen-bond acceptors (Lipinski definition) is 4. The van der Waals surface area contributed by atoms with Crippen LogP contribution >= 0.6 is 11.6 Å². The number of sulfonamides is 1. The second-order valence-electron chi connectivity index (χ2n) is 11.5. The van der Waals surface area contributed by atoms with Gasteiger partial charge in [0.05, 0.1) is 15.6 Å². The van der Waals surface area contributed by atoms with Gasteiger partial charge in [0, 0.05) is 19.0 Å². The summed E-state index contributed by atoms with van der Waals surface area (Å²) in [6.45, 7) is 1.45. The van der Waals surface area contributed by atoms with Crippen LogP contribution in [0, 0.1) is 6.92 Å². The van der Waals surface area contributed by atoms with Crippen LogP contribution in [0.3, 0.4) is 0 Å². The van der Waals surface area contributed by atoms with E-state index in [4.69, 9.17) is 11.6 Å². The molecule has 1 aliphatic rings. The van der Waals surface area contributed by atoms with Crippen LogP contribution in [0.25, 0.3) is 0 Å². The van der Waals surface area contributed by atoms with Crippen molar-refractivity contribution in [2.24, 2.45) is 0 Å². The Hall–Kier alpha value is -4.14. The van der Waals surface area contributed by atoms with Gasteiger partial charge >= 0.3 is 0 Å². The van der Waals surface area contributed by atoms with Crippen LogP contribution in [0.1, 0.15) is 42.4 Å². The lowest BCUT2D eigenvalue weighted by atomic mass is 10.0. The van der Waals surface area contributed by atoms with E-state index in [1.807, 2.05) is 67.6 Å². The molecule has 1 atom stereocenters. The Kier molecular flexibility index (Phi) is 10.6. The fraction of sp³-hybridized carbons (Fsp3) is 0.278. The first-order valence-corrected chi connectivity index (χ1v) is 17.1. The second-order valence-corrected chi connectivity index (χ2v) is 13.7. The second kappa shape index (κ2) is 14.8. The average molecular weight is 644 g/mol. The monoisotopic (exact) mass is 643 g/mol. The molecule has 0 saturated heterocycles. The van der Waals surface area contributed by atoms with Crippen molar-refractivity contribution in [3.63, 3.8) is 0 Å². The van der Waals surface area contributed by atoms with Crippen LogP contribution in [-0.4, -0.2) is 43.8 Å². The zero-order valence-electron chi connectivity index (χ0n) is 25.3. The van der Waals surface area contributed by atoms with Crippen molar-refractivity contribution < 1.29 is 18.0 Å². The normalized spacial score (nSPS) is 14.1. The van der Waals surface area contributed by atoms with Crippen molar-refractivity contribution in [3.05, 3.63) is 131 Å². The van der Waals surface area contributed by atoms with E-state index in [1.165, 1.54) is 17.0 Å². The van der Waals surface area contributed by atoms with E-state index in [2.05, 4.69) is 5.32 Å². The van der Waals surface area contributed by atoms with Gasteiger partial charge < -0.3 is 10.2 Å². The quantitative estimate of drug-likeness (QED) is 0.190. The molecular weight excluding hydrogens is 606 g/mol. The molecule has 0 unspecified atom stereocenters. The lowest BCUT2D eigenvalue weighted by molar-refractivity contribution is -0.140. The number of anilines is 1. The number of rotatable bonds is 12. The number of nitrogens with zero attached hydrogens (tertiary/aromatic N) is 2. The molecule has 1 fully saturated rings. The van der Waals surface area contributed by atoms with Gasteiger partial charge in [0.25, 0.3) is 10.0 Å². The van der Waals surface area contributed by atoms with E-state index < -0.39 is 28.5 Å². The smallest absolute Gasteiger partial charge is 0.264 e. The molecule has 5 rings (SSSR count). The predicted molar refractivity (Wildman–Crippen MR) is 178 cm³/mol. The molecule has 0 radical (unpaired) electrons. The molecule has 0 spiro atoms. The Morgan fingerprint density at radius 2 is 1.40 bits per heavy atom. The van der Waals surface area contributed by atoms with Gasteiger partial charge in [-0.3, -0.25) is 13.9 Å². The zero-order chi connectivity index (χ0) is 31.8. The lowest BCUT2D eigenvalue weighted by Crippen LogP contribution is -2.54. The molecule has 4 aromatic carbocycles. The third-order valence-electron chi connectivity index (χ3n) is 8.18. The fourth-order valence-corrected chi connectivity index (χ4v) is 7.43. The highest BCUT2D eigenvalue weighted by atomic mass is 35.5. The standard InChI is InChI=1S/C36H38ClN3O4S/c1-27-20-22-31(23-21-27)45(43,44)40(33-19-11-10-18-32(33)37)26-35(41)39(25-29-14-6-3-7-15-29)34(24-28-12-4-2-5-13-28)36(42)38-30-16-8-9-17-30/h2-7,10-15,18-23,30,34H,8-9,16-17,24-26H2,1H3,(H,38,42)/t34-/m0/s1. The Labute approximate surface area is 270 Å².